The largest absolute Gasteiger partial charge is 0.330 e. The SMILES string of the molecule is CCC(C)N(CC(=O)N1CCc2sccc2C1c1ccc(C)cc1)C(=O)c1cccs1. The van der Waals surface area contributed by atoms with Crippen molar-refractivity contribution in [2.24, 2.45) is 0 Å². The third kappa shape index (κ3) is 4.46. The van der Waals surface area contributed by atoms with Crippen LogP contribution in [0.2, 0.25) is 0 Å². The van der Waals surface area contributed by atoms with Gasteiger partial charge in [0.15, 0.2) is 0 Å². The standard InChI is InChI=1S/C25H28N2O2S2/c1-4-18(3)27(25(29)22-6-5-14-30-22)16-23(28)26-13-11-21-20(12-15-31-21)24(26)19-9-7-17(2)8-10-19/h5-10,12,14-15,18,24H,4,11,13,16H2,1-3H3. The Labute approximate surface area is 192 Å². The van der Waals surface area contributed by atoms with E-state index in [2.05, 4.69) is 49.6 Å². The molecule has 0 saturated carbocycles. The molecule has 0 fully saturated rings. The van der Waals surface area contributed by atoms with Crippen molar-refractivity contribution in [2.45, 2.75) is 45.7 Å². The predicted octanol–water partition coefficient (Wildman–Crippen LogP) is 5.53. The Kier molecular flexibility index (Phi) is 6.58. The van der Waals surface area contributed by atoms with Crippen LogP contribution in [-0.2, 0) is 11.2 Å². The first-order chi connectivity index (χ1) is 15.0. The van der Waals surface area contributed by atoms with Crippen molar-refractivity contribution in [1.82, 2.24) is 9.80 Å². The van der Waals surface area contributed by atoms with Crippen LogP contribution in [0.3, 0.4) is 0 Å². The van der Waals surface area contributed by atoms with Crippen molar-refractivity contribution in [3.63, 3.8) is 0 Å². The van der Waals surface area contributed by atoms with Gasteiger partial charge in [-0.2, -0.15) is 0 Å². The summed E-state index contributed by atoms with van der Waals surface area (Å²) in [6, 6.07) is 14.2. The van der Waals surface area contributed by atoms with E-state index in [0.29, 0.717) is 11.4 Å². The number of aryl methyl sites for hydroxylation is 1. The van der Waals surface area contributed by atoms with Gasteiger partial charge >= 0.3 is 0 Å². The summed E-state index contributed by atoms with van der Waals surface area (Å²) in [6.07, 6.45) is 1.67. The summed E-state index contributed by atoms with van der Waals surface area (Å²) < 4.78 is 0. The van der Waals surface area contributed by atoms with E-state index in [4.69, 9.17) is 0 Å². The van der Waals surface area contributed by atoms with E-state index < -0.39 is 0 Å². The Hall–Kier alpha value is -2.44. The Morgan fingerprint density at radius 1 is 1.13 bits per heavy atom. The van der Waals surface area contributed by atoms with E-state index in [1.165, 1.54) is 27.3 Å². The minimum atomic E-state index is -0.0984. The lowest BCUT2D eigenvalue weighted by Crippen LogP contribution is -2.49. The summed E-state index contributed by atoms with van der Waals surface area (Å²) in [4.78, 5) is 32.5. The number of carbonyl (C=O) groups is 2. The average molecular weight is 453 g/mol. The van der Waals surface area contributed by atoms with E-state index in [9.17, 15) is 9.59 Å². The summed E-state index contributed by atoms with van der Waals surface area (Å²) >= 11 is 3.19. The minimum Gasteiger partial charge on any atom is -0.330 e. The van der Waals surface area contributed by atoms with Gasteiger partial charge in [0.2, 0.25) is 5.91 Å². The molecule has 4 rings (SSSR count). The van der Waals surface area contributed by atoms with Crippen molar-refractivity contribution in [3.05, 3.63) is 79.7 Å². The maximum Gasteiger partial charge on any atom is 0.264 e. The fraction of sp³-hybridized carbons (Fsp3) is 0.360. The van der Waals surface area contributed by atoms with E-state index in [-0.39, 0.29) is 30.4 Å². The van der Waals surface area contributed by atoms with Crippen LogP contribution in [-0.4, -0.2) is 40.7 Å². The molecule has 2 amide bonds. The van der Waals surface area contributed by atoms with Gasteiger partial charge in [-0.05, 0) is 60.7 Å². The van der Waals surface area contributed by atoms with Gasteiger partial charge in [0.1, 0.15) is 6.54 Å². The van der Waals surface area contributed by atoms with Gasteiger partial charge in [0.25, 0.3) is 5.91 Å². The molecule has 2 aromatic heterocycles. The molecule has 0 spiro atoms. The van der Waals surface area contributed by atoms with Crippen LogP contribution < -0.4 is 0 Å². The molecule has 0 saturated heterocycles. The maximum absolute atomic E-state index is 13.6. The van der Waals surface area contributed by atoms with Gasteiger partial charge in [0.05, 0.1) is 10.9 Å². The van der Waals surface area contributed by atoms with Crippen molar-refractivity contribution in [1.29, 1.82) is 0 Å². The van der Waals surface area contributed by atoms with Gasteiger partial charge in [-0.3, -0.25) is 9.59 Å². The summed E-state index contributed by atoms with van der Waals surface area (Å²) in [7, 11) is 0. The Morgan fingerprint density at radius 2 is 1.90 bits per heavy atom. The number of carbonyl (C=O) groups excluding carboxylic acids is 2. The highest BCUT2D eigenvalue weighted by molar-refractivity contribution is 7.12. The third-order valence-electron chi connectivity index (χ3n) is 6.10. The zero-order valence-corrected chi connectivity index (χ0v) is 19.8. The third-order valence-corrected chi connectivity index (χ3v) is 7.96. The number of fused-ring (bicyclic) bond motifs is 1. The zero-order valence-electron chi connectivity index (χ0n) is 18.2. The highest BCUT2D eigenvalue weighted by Gasteiger charge is 2.34. The molecular formula is C25H28N2O2S2. The molecule has 0 radical (unpaired) electrons. The Bertz CT molecular complexity index is 1040. The van der Waals surface area contributed by atoms with Gasteiger partial charge in [0, 0.05) is 17.5 Å². The topological polar surface area (TPSA) is 40.6 Å². The molecular weight excluding hydrogens is 424 g/mol. The Morgan fingerprint density at radius 3 is 2.58 bits per heavy atom. The molecule has 162 valence electrons. The highest BCUT2D eigenvalue weighted by atomic mass is 32.1. The quantitative estimate of drug-likeness (QED) is 0.493. The van der Waals surface area contributed by atoms with Gasteiger partial charge in [-0.15, -0.1) is 22.7 Å². The second-order valence-electron chi connectivity index (χ2n) is 8.12. The molecule has 1 aliphatic rings. The van der Waals surface area contributed by atoms with Crippen molar-refractivity contribution >= 4 is 34.5 Å². The van der Waals surface area contributed by atoms with Crippen LogP contribution in [0.25, 0.3) is 0 Å². The normalized spacial score (nSPS) is 16.6. The first-order valence-electron chi connectivity index (χ1n) is 10.8. The maximum atomic E-state index is 13.6. The number of benzene rings is 1. The first kappa shape index (κ1) is 21.8. The van der Waals surface area contributed by atoms with Crippen LogP contribution in [0.4, 0.5) is 0 Å². The lowest BCUT2D eigenvalue weighted by atomic mass is 9.92. The van der Waals surface area contributed by atoms with Gasteiger partial charge in [-0.1, -0.05) is 42.8 Å². The number of nitrogens with zero attached hydrogens (tertiary/aromatic N) is 2. The number of amides is 2. The summed E-state index contributed by atoms with van der Waals surface area (Å²) in [5.74, 6) is -0.0505. The highest BCUT2D eigenvalue weighted by Crippen LogP contribution is 2.38. The molecule has 4 nitrogen and oxygen atoms in total. The second kappa shape index (κ2) is 9.37. The minimum absolute atomic E-state index is 0.00197. The molecule has 0 aliphatic carbocycles. The molecule has 0 N–H and O–H groups in total. The lowest BCUT2D eigenvalue weighted by Gasteiger charge is -2.38. The van der Waals surface area contributed by atoms with E-state index >= 15 is 0 Å². The second-order valence-corrected chi connectivity index (χ2v) is 10.1. The number of hydrogen-bond donors (Lipinski definition) is 0. The summed E-state index contributed by atoms with van der Waals surface area (Å²) in [6.45, 7) is 6.92. The van der Waals surface area contributed by atoms with E-state index in [0.717, 1.165) is 18.4 Å². The summed E-state index contributed by atoms with van der Waals surface area (Å²) in [5, 5.41) is 4.02. The van der Waals surface area contributed by atoms with Crippen molar-refractivity contribution in [2.75, 3.05) is 13.1 Å². The molecule has 3 aromatic rings. The fourth-order valence-electron chi connectivity index (χ4n) is 4.12. The van der Waals surface area contributed by atoms with Crippen molar-refractivity contribution < 1.29 is 9.59 Å². The Balaban J connectivity index is 1.63. The van der Waals surface area contributed by atoms with Gasteiger partial charge < -0.3 is 9.80 Å². The van der Waals surface area contributed by atoms with Crippen LogP contribution >= 0.6 is 22.7 Å². The monoisotopic (exact) mass is 452 g/mol. The lowest BCUT2D eigenvalue weighted by molar-refractivity contribution is -0.134. The van der Waals surface area contributed by atoms with Gasteiger partial charge in [-0.25, -0.2) is 0 Å². The van der Waals surface area contributed by atoms with E-state index in [1.54, 1.807) is 16.2 Å². The molecule has 1 aliphatic heterocycles. The number of thiophene rings is 2. The number of hydrogen-bond acceptors (Lipinski definition) is 4. The van der Waals surface area contributed by atoms with E-state index in [1.807, 2.05) is 29.3 Å². The first-order valence-corrected chi connectivity index (χ1v) is 12.5. The molecule has 0 bridgehead atoms. The van der Waals surface area contributed by atoms with Crippen LogP contribution in [0.15, 0.2) is 53.2 Å². The van der Waals surface area contributed by atoms with Crippen LogP contribution in [0.5, 0.6) is 0 Å². The molecule has 3 heterocycles. The molecule has 2 unspecified atom stereocenters. The fourth-order valence-corrected chi connectivity index (χ4v) is 5.70. The summed E-state index contributed by atoms with van der Waals surface area (Å²) in [5.41, 5.74) is 3.54. The molecule has 6 heteroatoms. The smallest absolute Gasteiger partial charge is 0.264 e. The predicted molar refractivity (Wildman–Crippen MR) is 128 cm³/mol. The molecule has 2 atom stereocenters. The zero-order chi connectivity index (χ0) is 22.0. The molecule has 1 aromatic carbocycles. The average Bonchev–Trinajstić information content (AvgIpc) is 3.48. The van der Waals surface area contributed by atoms with Crippen LogP contribution in [0.1, 0.15) is 57.5 Å². The van der Waals surface area contributed by atoms with Crippen molar-refractivity contribution in [3.8, 4) is 0 Å². The number of rotatable bonds is 6. The molecule has 31 heavy (non-hydrogen) atoms. The van der Waals surface area contributed by atoms with Crippen LogP contribution in [0, 0.1) is 6.92 Å².